The van der Waals surface area contributed by atoms with Crippen LogP contribution in [-0.2, 0) is 16.6 Å². The van der Waals surface area contributed by atoms with Crippen molar-refractivity contribution in [1.82, 2.24) is 4.72 Å². The molecule has 0 unspecified atom stereocenters. The number of benzene rings is 1. The molecule has 5 nitrogen and oxygen atoms in total. The van der Waals surface area contributed by atoms with Crippen molar-refractivity contribution in [2.45, 2.75) is 18.6 Å². The van der Waals surface area contributed by atoms with Gasteiger partial charge in [0.2, 0.25) is 5.09 Å². The highest BCUT2D eigenvalue weighted by Gasteiger charge is 2.16. The van der Waals surface area contributed by atoms with Gasteiger partial charge in [0.25, 0.3) is 10.0 Å². The molecule has 7 heteroatoms. The molecule has 0 saturated heterocycles. The molecular weight excluding hydrogens is 344 g/mol. The highest BCUT2D eigenvalue weighted by Crippen LogP contribution is 2.20. The topological polar surface area (TPSA) is 71.3 Å². The minimum absolute atomic E-state index is 0.0813. The van der Waals surface area contributed by atoms with Crippen LogP contribution in [0.5, 0.6) is 0 Å². The lowest BCUT2D eigenvalue weighted by Crippen LogP contribution is -2.17. The zero-order valence-corrected chi connectivity index (χ0v) is 13.5. The number of aryl methyl sites for hydroxylation is 1. The maximum absolute atomic E-state index is 11.5. The van der Waals surface area contributed by atoms with Gasteiger partial charge in [-0.1, -0.05) is 15.9 Å². The van der Waals surface area contributed by atoms with E-state index in [2.05, 4.69) is 26.0 Å². The zero-order valence-electron chi connectivity index (χ0n) is 11.1. The number of hydrogen-bond donors (Lipinski definition) is 2. The number of rotatable bonds is 5. The van der Waals surface area contributed by atoms with Crippen LogP contribution in [0, 0.1) is 6.92 Å². The van der Waals surface area contributed by atoms with Crippen molar-refractivity contribution in [2.75, 3.05) is 12.4 Å². The molecule has 1 aromatic carbocycles. The van der Waals surface area contributed by atoms with Crippen LogP contribution in [0.15, 0.2) is 44.3 Å². The van der Waals surface area contributed by atoms with E-state index >= 15 is 0 Å². The first-order valence-electron chi connectivity index (χ1n) is 5.94. The van der Waals surface area contributed by atoms with E-state index in [1.54, 1.807) is 6.07 Å². The van der Waals surface area contributed by atoms with Gasteiger partial charge in [0.15, 0.2) is 0 Å². The average Bonchev–Trinajstić information content (AvgIpc) is 2.85. The lowest BCUT2D eigenvalue weighted by atomic mass is 10.2. The molecule has 1 aromatic heterocycles. The van der Waals surface area contributed by atoms with Crippen LogP contribution in [-0.4, -0.2) is 15.5 Å². The molecule has 0 aliphatic heterocycles. The zero-order chi connectivity index (χ0) is 14.8. The molecule has 0 atom stereocenters. The molecule has 108 valence electrons. The van der Waals surface area contributed by atoms with E-state index in [1.165, 1.54) is 13.1 Å². The van der Waals surface area contributed by atoms with Crippen LogP contribution in [0.4, 0.5) is 5.69 Å². The second kappa shape index (κ2) is 5.99. The van der Waals surface area contributed by atoms with Crippen molar-refractivity contribution in [3.8, 4) is 0 Å². The Balaban J connectivity index is 2.08. The number of hydrogen-bond acceptors (Lipinski definition) is 4. The van der Waals surface area contributed by atoms with Gasteiger partial charge >= 0.3 is 0 Å². The summed E-state index contributed by atoms with van der Waals surface area (Å²) >= 11 is 3.43. The molecule has 2 rings (SSSR count). The minimum atomic E-state index is -3.53. The number of furan rings is 1. The molecule has 0 bridgehead atoms. The quantitative estimate of drug-likeness (QED) is 0.861. The Labute approximate surface area is 126 Å². The van der Waals surface area contributed by atoms with Crippen molar-refractivity contribution in [1.29, 1.82) is 0 Å². The summed E-state index contributed by atoms with van der Waals surface area (Å²) < 4.78 is 31.6. The van der Waals surface area contributed by atoms with Gasteiger partial charge in [0, 0.05) is 10.2 Å². The first-order chi connectivity index (χ1) is 9.40. The Hall–Kier alpha value is -1.31. The van der Waals surface area contributed by atoms with E-state index in [4.69, 9.17) is 4.42 Å². The second-order valence-corrected chi connectivity index (χ2v) is 7.03. The molecule has 0 aliphatic rings. The van der Waals surface area contributed by atoms with Gasteiger partial charge in [-0.3, -0.25) is 0 Å². The van der Waals surface area contributed by atoms with Gasteiger partial charge in [0.1, 0.15) is 5.76 Å². The molecule has 2 aromatic rings. The summed E-state index contributed by atoms with van der Waals surface area (Å²) in [5.41, 5.74) is 2.06. The predicted molar refractivity (Wildman–Crippen MR) is 81.2 cm³/mol. The number of nitrogens with one attached hydrogen (secondary N) is 2. The maximum atomic E-state index is 11.5. The SMILES string of the molecule is CNS(=O)(=O)c1ccc(CNc2cc(C)cc(Br)c2)o1. The van der Waals surface area contributed by atoms with Crippen LogP contribution >= 0.6 is 15.9 Å². The molecule has 0 fully saturated rings. The van der Waals surface area contributed by atoms with E-state index in [-0.39, 0.29) is 5.09 Å². The van der Waals surface area contributed by atoms with Crippen LogP contribution < -0.4 is 10.0 Å². The van der Waals surface area contributed by atoms with Crippen molar-refractivity contribution in [2.24, 2.45) is 0 Å². The Bertz CT molecular complexity index is 690. The fraction of sp³-hybridized carbons (Fsp3) is 0.231. The fourth-order valence-electron chi connectivity index (χ4n) is 1.73. The van der Waals surface area contributed by atoms with Gasteiger partial charge in [-0.05, 0) is 49.9 Å². The predicted octanol–water partition coefficient (Wildman–Crippen LogP) is 2.87. The van der Waals surface area contributed by atoms with E-state index in [0.29, 0.717) is 12.3 Å². The van der Waals surface area contributed by atoms with Gasteiger partial charge in [-0.25, -0.2) is 13.1 Å². The Morgan fingerprint density at radius 3 is 2.65 bits per heavy atom. The number of anilines is 1. The van der Waals surface area contributed by atoms with Crippen LogP contribution in [0.25, 0.3) is 0 Å². The molecular formula is C13H15BrN2O3S. The maximum Gasteiger partial charge on any atom is 0.273 e. The first kappa shape index (κ1) is 15.1. The molecule has 2 N–H and O–H groups in total. The summed E-state index contributed by atoms with van der Waals surface area (Å²) in [6.45, 7) is 2.41. The van der Waals surface area contributed by atoms with Gasteiger partial charge < -0.3 is 9.73 Å². The third kappa shape index (κ3) is 3.62. The van der Waals surface area contributed by atoms with E-state index in [9.17, 15) is 8.42 Å². The molecule has 0 amide bonds. The van der Waals surface area contributed by atoms with E-state index in [0.717, 1.165) is 15.7 Å². The highest BCUT2D eigenvalue weighted by molar-refractivity contribution is 9.10. The Morgan fingerprint density at radius 2 is 2.00 bits per heavy atom. The largest absolute Gasteiger partial charge is 0.446 e. The monoisotopic (exact) mass is 358 g/mol. The van der Waals surface area contributed by atoms with Crippen molar-refractivity contribution in [3.05, 3.63) is 46.1 Å². The van der Waals surface area contributed by atoms with Crippen molar-refractivity contribution >= 4 is 31.6 Å². The lowest BCUT2D eigenvalue weighted by Gasteiger charge is -2.06. The molecule has 0 radical (unpaired) electrons. The third-order valence-electron chi connectivity index (χ3n) is 2.68. The molecule has 1 heterocycles. The second-order valence-electron chi connectivity index (χ2n) is 4.30. The smallest absolute Gasteiger partial charge is 0.273 e. The van der Waals surface area contributed by atoms with Crippen molar-refractivity contribution in [3.63, 3.8) is 0 Å². The summed E-state index contributed by atoms with van der Waals surface area (Å²) in [6, 6.07) is 9.03. The van der Waals surface area contributed by atoms with Crippen LogP contribution in [0.1, 0.15) is 11.3 Å². The van der Waals surface area contributed by atoms with E-state index in [1.807, 2.05) is 25.1 Å². The van der Waals surface area contributed by atoms with Crippen molar-refractivity contribution < 1.29 is 12.8 Å². The van der Waals surface area contributed by atoms with Gasteiger partial charge in [-0.15, -0.1) is 0 Å². The molecule has 20 heavy (non-hydrogen) atoms. The summed E-state index contributed by atoms with van der Waals surface area (Å²) in [6.07, 6.45) is 0. The average molecular weight is 359 g/mol. The summed E-state index contributed by atoms with van der Waals surface area (Å²) in [7, 11) is -2.18. The highest BCUT2D eigenvalue weighted by atomic mass is 79.9. The fourth-order valence-corrected chi connectivity index (χ4v) is 3.00. The van der Waals surface area contributed by atoms with Gasteiger partial charge in [0.05, 0.1) is 6.54 Å². The lowest BCUT2D eigenvalue weighted by molar-refractivity contribution is 0.417. The molecule has 0 aliphatic carbocycles. The summed E-state index contributed by atoms with van der Waals surface area (Å²) in [5, 5.41) is 3.11. The number of halogens is 1. The summed E-state index contributed by atoms with van der Waals surface area (Å²) in [4.78, 5) is 0. The van der Waals surface area contributed by atoms with Crippen LogP contribution in [0.3, 0.4) is 0 Å². The van der Waals surface area contributed by atoms with E-state index < -0.39 is 10.0 Å². The minimum Gasteiger partial charge on any atom is -0.446 e. The Morgan fingerprint density at radius 1 is 1.25 bits per heavy atom. The molecule has 0 spiro atoms. The van der Waals surface area contributed by atoms with Gasteiger partial charge in [-0.2, -0.15) is 0 Å². The van der Waals surface area contributed by atoms with Crippen LogP contribution in [0.2, 0.25) is 0 Å². The molecule has 0 saturated carbocycles. The third-order valence-corrected chi connectivity index (χ3v) is 4.42. The number of sulfonamides is 1. The first-order valence-corrected chi connectivity index (χ1v) is 8.21. The normalized spacial score (nSPS) is 11.6. The standard InChI is InChI=1S/C13H15BrN2O3S/c1-9-5-10(14)7-11(6-9)16-8-12-3-4-13(19-12)20(17,18)15-2/h3-7,15-16H,8H2,1-2H3. The Kier molecular flexibility index (Phi) is 4.52. The summed E-state index contributed by atoms with van der Waals surface area (Å²) in [5.74, 6) is 0.552.